The second-order valence-corrected chi connectivity index (χ2v) is 21.6. The molecule has 3 aliphatic rings. The summed E-state index contributed by atoms with van der Waals surface area (Å²) in [6.07, 6.45) is 0.625. The van der Waals surface area contributed by atoms with Gasteiger partial charge >= 0.3 is 5.97 Å². The average Bonchev–Trinajstić information content (AvgIpc) is 3.83. The molecule has 316 valence electrons. The number of methoxy groups -OCH3 is 2. The Morgan fingerprint density at radius 1 is 0.885 bits per heavy atom. The van der Waals surface area contributed by atoms with E-state index in [1.54, 1.807) is 21.8 Å². The van der Waals surface area contributed by atoms with Gasteiger partial charge in [0, 0.05) is 48.6 Å². The number of amides is 3. The van der Waals surface area contributed by atoms with Crippen LogP contribution in [0.1, 0.15) is 54.1 Å². The molecule has 3 aliphatic heterocycles. The number of unbranched alkanes of at least 4 members (excludes halogenated alkanes) is 1. The van der Waals surface area contributed by atoms with E-state index in [0.29, 0.717) is 48.4 Å². The number of aliphatic hydroxyl groups is 1. The second kappa shape index (κ2) is 16.9. The van der Waals surface area contributed by atoms with Crippen LogP contribution in [0, 0.1) is 5.92 Å². The Bertz CT molecular complexity index is 2470. The molecule has 0 radical (unpaired) electrons. The minimum absolute atomic E-state index is 0.000470. The molecule has 61 heavy (non-hydrogen) atoms. The molecule has 0 saturated carbocycles. The van der Waals surface area contributed by atoms with Gasteiger partial charge < -0.3 is 29.1 Å². The zero-order chi connectivity index (χ0) is 43.1. The highest BCUT2D eigenvalue weighted by molar-refractivity contribution is 6.91. The van der Waals surface area contributed by atoms with Crippen LogP contribution >= 0.6 is 0 Å². The van der Waals surface area contributed by atoms with Gasteiger partial charge in [0.1, 0.15) is 5.75 Å². The number of esters is 1. The van der Waals surface area contributed by atoms with Crippen LogP contribution in [0.15, 0.2) is 109 Å². The zero-order valence-corrected chi connectivity index (χ0v) is 36.4. The van der Waals surface area contributed by atoms with Crippen molar-refractivity contribution in [2.24, 2.45) is 5.92 Å². The lowest BCUT2D eigenvalue weighted by Crippen LogP contribution is -2.52. The molecule has 3 heterocycles. The third kappa shape index (κ3) is 7.30. The summed E-state index contributed by atoms with van der Waals surface area (Å²) in [6, 6.07) is 35.1. The van der Waals surface area contributed by atoms with E-state index in [1.807, 2.05) is 97.1 Å². The average molecular weight is 840 g/mol. The van der Waals surface area contributed by atoms with Crippen LogP contribution in [-0.2, 0) is 36.0 Å². The summed E-state index contributed by atoms with van der Waals surface area (Å²) in [7, 11) is 0.373. The van der Waals surface area contributed by atoms with Gasteiger partial charge in [-0.15, -0.1) is 0 Å². The third-order valence-electron chi connectivity index (χ3n) is 13.2. The Balaban J connectivity index is 1.24. The van der Waals surface area contributed by atoms with Gasteiger partial charge in [-0.05, 0) is 71.8 Å². The highest BCUT2D eigenvalue weighted by Gasteiger charge is 2.66. The molecule has 0 unspecified atom stereocenters. The van der Waals surface area contributed by atoms with E-state index in [1.165, 1.54) is 7.11 Å². The summed E-state index contributed by atoms with van der Waals surface area (Å²) in [5, 5.41) is 13.1. The van der Waals surface area contributed by atoms with Crippen LogP contribution in [0.3, 0.4) is 0 Å². The van der Waals surface area contributed by atoms with E-state index in [0.717, 1.165) is 33.0 Å². The number of benzene rings is 5. The van der Waals surface area contributed by atoms with E-state index in [4.69, 9.17) is 14.2 Å². The zero-order valence-electron chi connectivity index (χ0n) is 35.4. The van der Waals surface area contributed by atoms with Crippen LogP contribution in [0.5, 0.6) is 5.75 Å². The number of nitrogens with zero attached hydrogens (tertiary/aromatic N) is 3. The normalized spacial score (nSPS) is 20.5. The fourth-order valence-electron chi connectivity index (χ4n) is 10.2. The minimum Gasteiger partial charge on any atom is -0.497 e. The first-order valence-electron chi connectivity index (χ1n) is 21.1. The van der Waals surface area contributed by atoms with Crippen molar-refractivity contribution in [3.63, 3.8) is 0 Å². The Hall–Kier alpha value is -5.82. The molecular weight excluding hydrogens is 787 g/mol. The van der Waals surface area contributed by atoms with Crippen LogP contribution in [0.4, 0.5) is 17.1 Å². The molecule has 0 bridgehead atoms. The first-order chi connectivity index (χ1) is 29.4. The van der Waals surface area contributed by atoms with E-state index in [-0.39, 0.29) is 55.2 Å². The summed E-state index contributed by atoms with van der Waals surface area (Å²) in [5.74, 6) is -0.536. The molecule has 0 aromatic heterocycles. The molecule has 12 heteroatoms. The number of fused-ring (bicyclic) bond motifs is 2. The molecule has 1 saturated heterocycles. The molecule has 1 fully saturated rings. The van der Waals surface area contributed by atoms with Crippen molar-refractivity contribution in [2.75, 3.05) is 43.7 Å². The number of hydrogen-bond donors (Lipinski definition) is 1. The smallest absolute Gasteiger partial charge is 0.305 e. The molecule has 3 amide bonds. The highest BCUT2D eigenvalue weighted by Crippen LogP contribution is 2.61. The van der Waals surface area contributed by atoms with Crippen molar-refractivity contribution in [3.05, 3.63) is 126 Å². The van der Waals surface area contributed by atoms with Crippen LogP contribution in [0.2, 0.25) is 18.6 Å². The van der Waals surface area contributed by atoms with Gasteiger partial charge in [-0.2, -0.15) is 0 Å². The van der Waals surface area contributed by atoms with E-state index >= 15 is 4.79 Å². The lowest BCUT2D eigenvalue weighted by Gasteiger charge is -2.37. The van der Waals surface area contributed by atoms with E-state index < -0.39 is 25.7 Å². The molecule has 1 N–H and O–H groups in total. The van der Waals surface area contributed by atoms with Crippen molar-refractivity contribution < 1.29 is 38.5 Å². The standard InChI is InChI=1S/C49H53N3O8Si/c1-32-46(61(4,5)37-23-21-36(58-2)22-24-37)42(30-43(54)50(27-28-53)31-33-13-7-6-8-14-33)60-49(32)39-29-35(20-25-40(39)51(48(49)57)26-10-9-19-44(55)59-3)52-41-18-12-16-34-15-11-17-38(45(34)41)47(52)56/h6-8,11-18,20-25,29,32,42,46,53H,9-10,19,26-28,30-31H2,1-5H3/t32-,42+,46-,49+/m0/s1. The van der Waals surface area contributed by atoms with Crippen molar-refractivity contribution in [1.82, 2.24) is 4.90 Å². The number of carbonyl (C=O) groups is 4. The van der Waals surface area contributed by atoms with Crippen molar-refractivity contribution >= 4 is 64.8 Å². The van der Waals surface area contributed by atoms with Crippen LogP contribution in [0.25, 0.3) is 10.8 Å². The van der Waals surface area contributed by atoms with Crippen molar-refractivity contribution in [2.45, 2.75) is 69.5 Å². The topological polar surface area (TPSA) is 126 Å². The van der Waals surface area contributed by atoms with Crippen LogP contribution < -0.4 is 19.7 Å². The first kappa shape index (κ1) is 41.9. The fraction of sp³-hybridized carbons (Fsp3) is 0.347. The predicted octanol–water partition coefficient (Wildman–Crippen LogP) is 7.46. The minimum atomic E-state index is -2.63. The number of aliphatic hydroxyl groups excluding tert-OH is 1. The maximum Gasteiger partial charge on any atom is 0.305 e. The van der Waals surface area contributed by atoms with Gasteiger partial charge in [0.05, 0.1) is 58.4 Å². The van der Waals surface area contributed by atoms with Gasteiger partial charge in [-0.25, -0.2) is 0 Å². The number of hydrogen-bond acceptors (Lipinski definition) is 8. The van der Waals surface area contributed by atoms with Gasteiger partial charge in [-0.1, -0.05) is 91.9 Å². The van der Waals surface area contributed by atoms with E-state index in [9.17, 15) is 19.5 Å². The maximum absolute atomic E-state index is 15.5. The van der Waals surface area contributed by atoms with Crippen LogP contribution in [-0.4, -0.2) is 81.8 Å². The monoisotopic (exact) mass is 839 g/mol. The Morgan fingerprint density at radius 3 is 2.33 bits per heavy atom. The summed E-state index contributed by atoms with van der Waals surface area (Å²) < 4.78 is 17.8. The van der Waals surface area contributed by atoms with Crippen molar-refractivity contribution in [3.8, 4) is 5.75 Å². The number of carbonyl (C=O) groups excluding carboxylic acids is 4. The molecule has 0 aliphatic carbocycles. The van der Waals surface area contributed by atoms with Crippen molar-refractivity contribution in [1.29, 1.82) is 0 Å². The number of anilines is 3. The predicted molar refractivity (Wildman–Crippen MR) is 238 cm³/mol. The molecule has 5 aromatic rings. The highest BCUT2D eigenvalue weighted by atomic mass is 28.3. The van der Waals surface area contributed by atoms with E-state index in [2.05, 4.69) is 32.2 Å². The Kier molecular flexibility index (Phi) is 11.6. The Morgan fingerprint density at radius 2 is 1.62 bits per heavy atom. The molecule has 8 rings (SSSR count). The summed E-state index contributed by atoms with van der Waals surface area (Å²) in [5.41, 5.74) is 2.55. The first-order valence-corrected chi connectivity index (χ1v) is 24.2. The molecule has 11 nitrogen and oxygen atoms in total. The molecule has 4 atom stereocenters. The third-order valence-corrected chi connectivity index (χ3v) is 17.5. The molecule has 1 spiro atoms. The van der Waals surface area contributed by atoms with Gasteiger partial charge in [0.2, 0.25) is 5.91 Å². The van der Waals surface area contributed by atoms with Gasteiger partial charge in [-0.3, -0.25) is 24.1 Å². The summed E-state index contributed by atoms with van der Waals surface area (Å²) in [4.78, 5) is 61.5. The largest absolute Gasteiger partial charge is 0.497 e. The lowest BCUT2D eigenvalue weighted by atomic mass is 9.82. The fourth-order valence-corrected chi connectivity index (χ4v) is 14.2. The van der Waals surface area contributed by atoms with Gasteiger partial charge in [0.15, 0.2) is 5.60 Å². The summed E-state index contributed by atoms with van der Waals surface area (Å²) in [6.45, 7) is 7.22. The SMILES string of the molecule is COC(=O)CCCCN1C(=O)[C@]2(O[C@H](CC(=O)N(CCO)Cc3ccccc3)[C@@H]([Si](C)(C)c3ccc(OC)cc3)[C@@H]2C)c2cc(N3C(=O)c4cccc5cccc3c45)ccc21. The number of ether oxygens (including phenoxy) is 3. The second-order valence-electron chi connectivity index (χ2n) is 16.9. The quantitative estimate of drug-likeness (QED) is 0.0655. The Labute approximate surface area is 357 Å². The maximum atomic E-state index is 15.5. The number of rotatable bonds is 15. The lowest BCUT2D eigenvalue weighted by molar-refractivity contribution is -0.149. The van der Waals surface area contributed by atoms with Gasteiger partial charge in [0.25, 0.3) is 11.8 Å². The molecular formula is C49H53N3O8Si. The molecule has 5 aromatic carbocycles. The summed E-state index contributed by atoms with van der Waals surface area (Å²) >= 11 is 0.